The molecular weight excluding hydrogens is 709 g/mol. The Hall–Kier alpha value is -4.07. The van der Waals surface area contributed by atoms with Crippen LogP contribution in [-0.4, -0.2) is 104 Å². The molecule has 0 saturated heterocycles. The number of likely N-dealkylation sites (N-methyl/N-ethyl adjacent to an activating group) is 2. The topological polar surface area (TPSA) is 133 Å². The predicted molar refractivity (Wildman–Crippen MR) is 212 cm³/mol. The van der Waals surface area contributed by atoms with Crippen molar-refractivity contribution < 1.29 is 36.8 Å². The molecule has 54 heavy (non-hydrogen) atoms. The molecule has 2 heterocycles. The molecule has 6 rings (SSSR count). The summed E-state index contributed by atoms with van der Waals surface area (Å²) >= 11 is 0. The van der Waals surface area contributed by atoms with Crippen molar-refractivity contribution in [1.82, 2.24) is 18.9 Å². The molecule has 0 bridgehead atoms. The van der Waals surface area contributed by atoms with E-state index in [4.69, 9.17) is 13.7 Å². The number of fused-ring (bicyclic) bond motifs is 6. The Labute approximate surface area is 320 Å². The zero-order valence-electron chi connectivity index (χ0n) is 33.0. The summed E-state index contributed by atoms with van der Waals surface area (Å²) in [6, 6.07) is 11.8. The highest BCUT2D eigenvalue weighted by atomic mass is 32.2. The third kappa shape index (κ3) is 8.13. The third-order valence-corrected chi connectivity index (χ3v) is 11.6. The van der Waals surface area contributed by atoms with Gasteiger partial charge in [0.2, 0.25) is 11.8 Å². The van der Waals surface area contributed by atoms with Crippen molar-refractivity contribution in [2.75, 3.05) is 59.9 Å². The van der Waals surface area contributed by atoms with Crippen LogP contribution in [0.4, 0.5) is 0 Å². The highest BCUT2D eigenvalue weighted by Crippen LogP contribution is 2.45. The lowest BCUT2D eigenvalue weighted by Crippen LogP contribution is -2.36. The quantitative estimate of drug-likeness (QED) is 0.158. The van der Waals surface area contributed by atoms with Gasteiger partial charge in [-0.3, -0.25) is 13.8 Å². The smallest absolute Gasteiger partial charge is 0.264 e. The van der Waals surface area contributed by atoms with Gasteiger partial charge >= 0.3 is 0 Å². The molecule has 0 radical (unpaired) electrons. The van der Waals surface area contributed by atoms with Crippen LogP contribution in [0.5, 0.6) is 11.5 Å². The van der Waals surface area contributed by atoms with Gasteiger partial charge in [0.05, 0.1) is 56.6 Å². The van der Waals surface area contributed by atoms with Crippen LogP contribution >= 0.6 is 0 Å². The predicted octanol–water partition coefficient (Wildman–Crippen LogP) is 5.84. The number of amides is 2. The number of aliphatic hydroxyl groups excluding tert-OH is 1. The van der Waals surface area contributed by atoms with Crippen molar-refractivity contribution >= 4 is 43.7 Å². The maximum atomic E-state index is 13.3. The number of aliphatic hydroxyl groups is 1. The zero-order chi connectivity index (χ0) is 39.2. The van der Waals surface area contributed by atoms with E-state index in [0.717, 1.165) is 108 Å². The molecule has 0 fully saturated rings. The number of ether oxygens (including phenoxy) is 2. The lowest BCUT2D eigenvalue weighted by molar-refractivity contribution is -0.133. The first-order chi connectivity index (χ1) is 26.0. The van der Waals surface area contributed by atoms with E-state index in [1.54, 1.807) is 14.2 Å². The number of aromatic nitrogens is 2. The maximum absolute atomic E-state index is 13.3. The van der Waals surface area contributed by atoms with E-state index in [9.17, 15) is 23.1 Å². The molecule has 4 aromatic rings. The Morgan fingerprint density at radius 2 is 1.17 bits per heavy atom. The summed E-state index contributed by atoms with van der Waals surface area (Å²) in [6.45, 7) is 12.0. The fraction of sp³-hybridized carbons (Fsp3) is 0.561. The Kier molecular flexibility index (Phi) is 13.7. The van der Waals surface area contributed by atoms with Gasteiger partial charge in [0.1, 0.15) is 11.5 Å². The number of nitrogens with zero attached hydrogens (tertiary/aromatic N) is 4. The Morgan fingerprint density at radius 3 is 1.54 bits per heavy atom. The van der Waals surface area contributed by atoms with Gasteiger partial charge in [0.15, 0.2) is 0 Å². The summed E-state index contributed by atoms with van der Waals surface area (Å²) < 4.78 is 43.3. The van der Waals surface area contributed by atoms with Gasteiger partial charge in [-0.25, -0.2) is 0 Å². The molecule has 0 aliphatic heterocycles. The molecule has 2 amide bonds. The molecule has 2 unspecified atom stereocenters. The van der Waals surface area contributed by atoms with Gasteiger partial charge in [-0.05, 0) is 102 Å². The third-order valence-electron chi connectivity index (χ3n) is 11.0. The molecule has 2 aliphatic carbocycles. The van der Waals surface area contributed by atoms with E-state index in [-0.39, 0.29) is 36.9 Å². The van der Waals surface area contributed by atoms with Crippen LogP contribution in [0.1, 0.15) is 87.7 Å². The van der Waals surface area contributed by atoms with Crippen LogP contribution in [0.3, 0.4) is 0 Å². The largest absolute Gasteiger partial charge is 0.496 e. The SMILES string of the molecule is CCN(CC)C(=O)C1CCCc2c1c1c(OC)cccc1n2CCO.CCN(CC)C(=O)C1CCCc2c1c1c(OC)cccc1n2CCOS(C)(=O)=O. The van der Waals surface area contributed by atoms with E-state index in [0.29, 0.717) is 26.2 Å². The summed E-state index contributed by atoms with van der Waals surface area (Å²) in [5.41, 5.74) is 6.41. The first-order valence-electron chi connectivity index (χ1n) is 19.4. The summed E-state index contributed by atoms with van der Waals surface area (Å²) in [5, 5.41) is 11.5. The zero-order valence-corrected chi connectivity index (χ0v) is 33.8. The lowest BCUT2D eigenvalue weighted by Gasteiger charge is -2.29. The van der Waals surface area contributed by atoms with Crippen LogP contribution < -0.4 is 9.47 Å². The second kappa shape index (κ2) is 18.0. The Morgan fingerprint density at radius 1 is 0.741 bits per heavy atom. The molecule has 2 aromatic heterocycles. The molecule has 13 heteroatoms. The fourth-order valence-corrected chi connectivity index (χ4v) is 9.04. The minimum atomic E-state index is -3.51. The average molecular weight is 767 g/mol. The van der Waals surface area contributed by atoms with Crippen molar-refractivity contribution in [3.8, 4) is 11.5 Å². The monoisotopic (exact) mass is 766 g/mol. The van der Waals surface area contributed by atoms with Gasteiger partial charge in [-0.15, -0.1) is 0 Å². The molecule has 0 saturated carbocycles. The van der Waals surface area contributed by atoms with Crippen molar-refractivity contribution in [2.45, 2.75) is 91.1 Å². The van der Waals surface area contributed by atoms with Gasteiger partial charge in [-0.1, -0.05) is 12.1 Å². The van der Waals surface area contributed by atoms with Crippen molar-refractivity contribution in [3.05, 3.63) is 58.9 Å². The number of carbonyl (C=O) groups is 2. The second-order valence-corrected chi connectivity index (χ2v) is 15.5. The molecule has 296 valence electrons. The summed E-state index contributed by atoms with van der Waals surface area (Å²) in [4.78, 5) is 30.3. The van der Waals surface area contributed by atoms with E-state index in [1.807, 2.05) is 67.8 Å². The molecule has 12 nitrogen and oxygen atoms in total. The summed E-state index contributed by atoms with van der Waals surface area (Å²) in [5.74, 6) is 1.57. The number of hydrogen-bond acceptors (Lipinski definition) is 8. The lowest BCUT2D eigenvalue weighted by atomic mass is 9.84. The minimum absolute atomic E-state index is 0.0565. The summed E-state index contributed by atoms with van der Waals surface area (Å²) in [6.07, 6.45) is 6.42. The van der Waals surface area contributed by atoms with E-state index in [1.165, 1.54) is 5.69 Å². The highest BCUT2D eigenvalue weighted by molar-refractivity contribution is 7.85. The van der Waals surface area contributed by atoms with Crippen molar-refractivity contribution in [1.29, 1.82) is 0 Å². The van der Waals surface area contributed by atoms with Gasteiger partial charge in [-0.2, -0.15) is 8.42 Å². The molecule has 2 aliphatic rings. The minimum Gasteiger partial charge on any atom is -0.496 e. The van der Waals surface area contributed by atoms with Crippen molar-refractivity contribution in [3.63, 3.8) is 0 Å². The van der Waals surface area contributed by atoms with Crippen LogP contribution in [0.2, 0.25) is 0 Å². The average Bonchev–Trinajstić information content (AvgIpc) is 3.68. The molecular formula is C41H58N4O8S. The first kappa shape index (κ1) is 41.1. The fourth-order valence-electron chi connectivity index (χ4n) is 8.66. The van der Waals surface area contributed by atoms with Crippen molar-refractivity contribution in [2.24, 2.45) is 0 Å². The number of carbonyl (C=O) groups excluding carboxylic acids is 2. The first-order valence-corrected chi connectivity index (χ1v) is 21.2. The Bertz CT molecular complexity index is 2040. The second-order valence-electron chi connectivity index (χ2n) is 13.9. The van der Waals surface area contributed by atoms with E-state index < -0.39 is 10.1 Å². The molecule has 0 spiro atoms. The van der Waals surface area contributed by atoms with Crippen LogP contribution in [0.15, 0.2) is 36.4 Å². The van der Waals surface area contributed by atoms with E-state index >= 15 is 0 Å². The molecule has 2 aromatic carbocycles. The molecule has 2 atom stereocenters. The number of methoxy groups -OCH3 is 2. The number of hydrogen-bond donors (Lipinski definition) is 1. The van der Waals surface area contributed by atoms with Gasteiger partial charge in [0.25, 0.3) is 10.1 Å². The van der Waals surface area contributed by atoms with Crippen LogP contribution in [0, 0.1) is 0 Å². The Balaban J connectivity index is 0.000000210. The normalized spacial score (nSPS) is 16.7. The van der Waals surface area contributed by atoms with Gasteiger partial charge in [0, 0.05) is 61.4 Å². The highest BCUT2D eigenvalue weighted by Gasteiger charge is 2.36. The van der Waals surface area contributed by atoms with Crippen LogP contribution in [0.25, 0.3) is 21.8 Å². The number of rotatable bonds is 14. The van der Waals surface area contributed by atoms with Crippen LogP contribution in [-0.2, 0) is 49.8 Å². The number of benzene rings is 2. The van der Waals surface area contributed by atoms with E-state index in [2.05, 4.69) is 15.2 Å². The maximum Gasteiger partial charge on any atom is 0.264 e. The molecule has 1 N–H and O–H groups in total. The van der Waals surface area contributed by atoms with Gasteiger partial charge < -0.3 is 33.5 Å². The summed E-state index contributed by atoms with van der Waals surface area (Å²) in [7, 11) is -0.196. The standard InChI is InChI=1S/C21H30N2O5S.C20H28N2O3/c1-5-22(6-2)21(24)15-9-7-10-16-19(15)20-17(11-8-12-18(20)27-3)23(16)13-14-28-29(4,25)26;1-4-21(5-2)20(24)14-8-6-9-15-18(14)19-16(22(15)12-13-23)10-7-11-17(19)25-3/h8,11-12,15H,5-7,9-10,13-14H2,1-4H3;7,10-11,14,23H,4-6,8-9,12-13H2,1-3H3.